The minimum atomic E-state index is -1.49. The predicted octanol–water partition coefficient (Wildman–Crippen LogP) is -2.05. The quantitative estimate of drug-likeness (QED) is 0.0758. The molecule has 0 aromatic rings. The predicted molar refractivity (Wildman–Crippen MR) is 188 cm³/mol. The molecule has 9 N–H and O–H groups in total. The summed E-state index contributed by atoms with van der Waals surface area (Å²) in [5.74, 6) is -5.59. The molecule has 2 saturated heterocycles. The molecule has 52 heavy (non-hydrogen) atoms. The average Bonchev–Trinajstić information content (AvgIpc) is 3.75. The molecule has 18 heteroatoms. The molecule has 0 aromatic carbocycles. The Bertz CT molecular complexity index is 1320. The van der Waals surface area contributed by atoms with E-state index in [-0.39, 0.29) is 24.8 Å². The maximum absolute atomic E-state index is 13.5. The Balaban J connectivity index is 2.00. The molecule has 0 unspecified atom stereocenters. The molecule has 0 bridgehead atoms. The fraction of sp³-hybridized carbons (Fsp3) is 0.765. The van der Waals surface area contributed by atoms with Crippen LogP contribution in [0.2, 0.25) is 0 Å². The third-order valence-corrected chi connectivity index (χ3v) is 8.97. The van der Waals surface area contributed by atoms with Crippen LogP contribution in [0.5, 0.6) is 0 Å². The molecule has 0 radical (unpaired) electrons. The number of rotatable bonds is 18. The van der Waals surface area contributed by atoms with Crippen molar-refractivity contribution in [2.75, 3.05) is 19.6 Å². The Hall–Kier alpha value is -4.32. The summed E-state index contributed by atoms with van der Waals surface area (Å²) in [5, 5.41) is 32.0. The molecule has 7 amide bonds. The van der Waals surface area contributed by atoms with Gasteiger partial charge in [-0.05, 0) is 71.1 Å². The smallest absolute Gasteiger partial charge is 0.326 e. The molecule has 0 aliphatic carbocycles. The molecule has 0 saturated carbocycles. The lowest BCUT2D eigenvalue weighted by Gasteiger charge is -2.31. The third-order valence-electron chi connectivity index (χ3n) is 8.97. The SMILES string of the molecule is CC(C)C[C@H](NC(=O)[C@@H](NC(=O)CNC(=O)[C@@H]1CCCN1C(=O)[C@@H](C)NC(=O)[C@@H]1CCCN1C(=O)[C@H](CC(C)C)NC(=O)[C@H](C)N)[C@@H](C)O)C(=O)O. The highest BCUT2D eigenvalue weighted by atomic mass is 16.4. The largest absolute Gasteiger partial charge is 0.480 e. The highest BCUT2D eigenvalue weighted by molar-refractivity contribution is 5.97. The van der Waals surface area contributed by atoms with Gasteiger partial charge in [0.2, 0.25) is 41.4 Å². The maximum Gasteiger partial charge on any atom is 0.326 e. The van der Waals surface area contributed by atoms with Crippen LogP contribution >= 0.6 is 0 Å². The summed E-state index contributed by atoms with van der Waals surface area (Å²) in [6.45, 7) is 11.5. The van der Waals surface area contributed by atoms with Crippen molar-refractivity contribution in [3.8, 4) is 0 Å². The van der Waals surface area contributed by atoms with Crippen LogP contribution in [0.25, 0.3) is 0 Å². The highest BCUT2D eigenvalue weighted by Crippen LogP contribution is 2.22. The molecule has 0 aromatic heterocycles. The van der Waals surface area contributed by atoms with E-state index in [1.165, 1.54) is 30.6 Å². The molecule has 2 aliphatic heterocycles. The van der Waals surface area contributed by atoms with Crippen LogP contribution in [0.4, 0.5) is 0 Å². The zero-order valence-corrected chi connectivity index (χ0v) is 31.3. The Labute approximate surface area is 304 Å². The van der Waals surface area contributed by atoms with E-state index in [0.29, 0.717) is 38.6 Å². The fourth-order valence-corrected chi connectivity index (χ4v) is 6.29. The molecule has 2 aliphatic rings. The number of hydrogen-bond donors (Lipinski definition) is 8. The minimum absolute atomic E-state index is 0.0546. The van der Waals surface area contributed by atoms with Crippen LogP contribution in [0, 0.1) is 11.8 Å². The van der Waals surface area contributed by atoms with E-state index in [4.69, 9.17) is 5.73 Å². The van der Waals surface area contributed by atoms with E-state index in [1.54, 1.807) is 13.8 Å². The van der Waals surface area contributed by atoms with Gasteiger partial charge in [-0.3, -0.25) is 33.6 Å². The van der Waals surface area contributed by atoms with E-state index >= 15 is 0 Å². The molecule has 2 heterocycles. The molecule has 8 atom stereocenters. The summed E-state index contributed by atoms with van der Waals surface area (Å²) in [7, 11) is 0. The molecule has 18 nitrogen and oxygen atoms in total. The normalized spacial score (nSPS) is 20.7. The number of amides is 7. The summed E-state index contributed by atoms with van der Waals surface area (Å²) in [4.78, 5) is 106. The van der Waals surface area contributed by atoms with Crippen LogP contribution < -0.4 is 32.3 Å². The Morgan fingerprint density at radius 1 is 0.692 bits per heavy atom. The zero-order valence-electron chi connectivity index (χ0n) is 31.3. The fourth-order valence-electron chi connectivity index (χ4n) is 6.29. The summed E-state index contributed by atoms with van der Waals surface area (Å²) >= 11 is 0. The van der Waals surface area contributed by atoms with E-state index < -0.39 is 102 Å². The van der Waals surface area contributed by atoms with Gasteiger partial charge < -0.3 is 52.3 Å². The number of carbonyl (C=O) groups is 8. The summed E-state index contributed by atoms with van der Waals surface area (Å²) in [6.07, 6.45) is 0.777. The van der Waals surface area contributed by atoms with Gasteiger partial charge in [0.15, 0.2) is 0 Å². The number of aliphatic hydroxyl groups excluding tert-OH is 1. The number of carboxylic acid groups (broad SMARTS) is 1. The van der Waals surface area contributed by atoms with Gasteiger partial charge in [-0.1, -0.05) is 27.7 Å². The molecular formula is C34H58N8O10. The first-order valence-corrected chi connectivity index (χ1v) is 18.0. The summed E-state index contributed by atoms with van der Waals surface area (Å²) in [5.41, 5.74) is 5.69. The van der Waals surface area contributed by atoms with Gasteiger partial charge in [0.25, 0.3) is 0 Å². The van der Waals surface area contributed by atoms with Crippen molar-refractivity contribution in [3.05, 3.63) is 0 Å². The maximum atomic E-state index is 13.5. The number of aliphatic hydroxyl groups is 1. The van der Waals surface area contributed by atoms with Gasteiger partial charge in [-0.2, -0.15) is 0 Å². The standard InChI is InChI=1S/C34H58N8O10/c1-17(2)14-22(38-28(45)19(5)35)33(50)42-13-9-11-25(42)30(47)37-20(6)32(49)41-12-8-10-24(41)29(46)36-16-26(44)40-27(21(7)43)31(48)39-23(34(51)52)15-18(3)4/h17-25,27,43H,8-16,35H2,1-7H3,(H,36,46)(H,37,47)(H,38,45)(H,39,48)(H,40,44)(H,51,52)/t19-,20+,21+,22-,23-,24-,25-,27-/m0/s1. The Kier molecular flexibility index (Phi) is 16.9. The summed E-state index contributed by atoms with van der Waals surface area (Å²) < 4.78 is 0. The average molecular weight is 739 g/mol. The first-order valence-electron chi connectivity index (χ1n) is 18.0. The number of nitrogens with two attached hydrogens (primary N) is 1. The molecule has 0 spiro atoms. The van der Waals surface area contributed by atoms with Crippen molar-refractivity contribution in [1.82, 2.24) is 36.4 Å². The van der Waals surface area contributed by atoms with Crippen LogP contribution in [0.3, 0.4) is 0 Å². The lowest BCUT2D eigenvalue weighted by molar-refractivity contribution is -0.144. The van der Waals surface area contributed by atoms with Crippen molar-refractivity contribution >= 4 is 47.3 Å². The molecular weight excluding hydrogens is 680 g/mol. The molecule has 2 rings (SSSR count). The number of carbonyl (C=O) groups excluding carboxylic acids is 7. The number of carboxylic acids is 1. The van der Waals surface area contributed by atoms with E-state index in [1.807, 2.05) is 13.8 Å². The lowest BCUT2D eigenvalue weighted by atomic mass is 10.0. The van der Waals surface area contributed by atoms with Crippen LogP contribution in [0.15, 0.2) is 0 Å². The van der Waals surface area contributed by atoms with E-state index in [9.17, 15) is 48.6 Å². The van der Waals surface area contributed by atoms with Crippen molar-refractivity contribution in [1.29, 1.82) is 0 Å². The van der Waals surface area contributed by atoms with Crippen molar-refractivity contribution in [3.63, 3.8) is 0 Å². The minimum Gasteiger partial charge on any atom is -0.480 e. The Morgan fingerprint density at radius 3 is 1.69 bits per heavy atom. The zero-order chi connectivity index (χ0) is 39.4. The molecule has 2 fully saturated rings. The second kappa shape index (κ2) is 20.1. The van der Waals surface area contributed by atoms with Gasteiger partial charge in [0, 0.05) is 13.1 Å². The molecule has 294 valence electrons. The Morgan fingerprint density at radius 2 is 1.19 bits per heavy atom. The van der Waals surface area contributed by atoms with Gasteiger partial charge >= 0.3 is 5.97 Å². The summed E-state index contributed by atoms with van der Waals surface area (Å²) in [6, 6.07) is -7.28. The highest BCUT2D eigenvalue weighted by Gasteiger charge is 2.41. The van der Waals surface area contributed by atoms with Crippen molar-refractivity contribution in [2.45, 2.75) is 135 Å². The van der Waals surface area contributed by atoms with Gasteiger partial charge in [-0.25, -0.2) is 4.79 Å². The van der Waals surface area contributed by atoms with Gasteiger partial charge in [0.05, 0.1) is 18.7 Å². The first kappa shape index (κ1) is 43.8. The number of aliphatic carboxylic acids is 1. The number of nitrogens with zero attached hydrogens (tertiary/aromatic N) is 2. The van der Waals surface area contributed by atoms with Crippen molar-refractivity contribution < 1.29 is 48.6 Å². The van der Waals surface area contributed by atoms with Crippen LogP contribution in [0.1, 0.15) is 87.0 Å². The topological polar surface area (TPSA) is 270 Å². The third kappa shape index (κ3) is 12.7. The van der Waals surface area contributed by atoms with Gasteiger partial charge in [0.1, 0.15) is 36.3 Å². The van der Waals surface area contributed by atoms with E-state index in [0.717, 1.165) is 0 Å². The lowest BCUT2D eigenvalue weighted by Crippen LogP contribution is -2.58. The second-order valence-electron chi connectivity index (χ2n) is 14.6. The monoisotopic (exact) mass is 738 g/mol. The van der Waals surface area contributed by atoms with Crippen molar-refractivity contribution in [2.24, 2.45) is 17.6 Å². The number of likely N-dealkylation sites (tertiary alicyclic amines) is 2. The van der Waals surface area contributed by atoms with E-state index in [2.05, 4.69) is 26.6 Å². The van der Waals surface area contributed by atoms with Crippen LogP contribution in [-0.4, -0.2) is 135 Å². The second-order valence-corrected chi connectivity index (χ2v) is 14.6. The van der Waals surface area contributed by atoms with Gasteiger partial charge in [-0.15, -0.1) is 0 Å². The van der Waals surface area contributed by atoms with Crippen LogP contribution in [-0.2, 0) is 38.4 Å². The first-order chi connectivity index (χ1) is 24.2. The number of hydrogen-bond acceptors (Lipinski definition) is 10. The number of nitrogens with one attached hydrogen (secondary N) is 5.